The first-order chi connectivity index (χ1) is 14.6. The number of carbonyl (C=O) groups is 1. The molecule has 3 heterocycles. The van der Waals surface area contributed by atoms with Gasteiger partial charge < -0.3 is 25.2 Å². The summed E-state index contributed by atoms with van der Waals surface area (Å²) < 4.78 is 19.9. The van der Waals surface area contributed by atoms with Gasteiger partial charge in [-0.05, 0) is 38.0 Å². The molecule has 1 amide bonds. The highest BCUT2D eigenvalue weighted by Gasteiger charge is 2.51. The summed E-state index contributed by atoms with van der Waals surface area (Å²) in [6.07, 6.45) is 2.20. The van der Waals surface area contributed by atoms with Crippen LogP contribution in [0.4, 0.5) is 15.9 Å². The van der Waals surface area contributed by atoms with Crippen LogP contribution in [0.1, 0.15) is 25.3 Å². The third kappa shape index (κ3) is 4.17. The van der Waals surface area contributed by atoms with Gasteiger partial charge in [-0.15, -0.1) is 0 Å². The van der Waals surface area contributed by atoms with E-state index in [1.54, 1.807) is 11.0 Å². The molecule has 3 N–H and O–H groups in total. The third-order valence-electron chi connectivity index (χ3n) is 5.94. The number of amides is 1. The molecule has 0 unspecified atom stereocenters. The molecular weight excluding hydrogens is 448 g/mol. The average molecular weight is 470 g/mol. The van der Waals surface area contributed by atoms with Gasteiger partial charge in [-0.3, -0.25) is 4.79 Å². The highest BCUT2D eigenvalue weighted by Crippen LogP contribution is 2.38. The largest absolute Gasteiger partial charge is 0.490 e. The van der Waals surface area contributed by atoms with Crippen LogP contribution in [0.15, 0.2) is 24.4 Å². The minimum atomic E-state index is -1.57. The minimum Gasteiger partial charge on any atom is -0.490 e. The van der Waals surface area contributed by atoms with Crippen molar-refractivity contribution < 1.29 is 24.1 Å². The Morgan fingerprint density at radius 3 is 2.81 bits per heavy atom. The van der Waals surface area contributed by atoms with E-state index in [4.69, 9.17) is 27.9 Å². The van der Waals surface area contributed by atoms with Crippen molar-refractivity contribution in [1.29, 1.82) is 0 Å². The Hall–Kier alpha value is -2.13. The summed E-state index contributed by atoms with van der Waals surface area (Å²) in [6, 6.07) is 4.25. The van der Waals surface area contributed by atoms with Gasteiger partial charge in [0.05, 0.1) is 22.3 Å². The van der Waals surface area contributed by atoms with E-state index in [1.165, 1.54) is 25.3 Å². The predicted molar refractivity (Wildman–Crippen MR) is 116 cm³/mol. The number of anilines is 2. The Labute approximate surface area is 188 Å². The van der Waals surface area contributed by atoms with E-state index in [0.717, 1.165) is 0 Å². The smallest absolute Gasteiger partial charge is 0.224 e. The lowest BCUT2D eigenvalue weighted by Gasteiger charge is -2.48. The Morgan fingerprint density at radius 1 is 1.32 bits per heavy atom. The maximum absolute atomic E-state index is 14.1. The van der Waals surface area contributed by atoms with E-state index in [2.05, 4.69) is 10.3 Å². The quantitative estimate of drug-likeness (QED) is 0.636. The number of nitrogens with zero attached hydrogens (tertiary/aromatic N) is 2. The average Bonchev–Trinajstić information content (AvgIpc) is 2.70. The van der Waals surface area contributed by atoms with Gasteiger partial charge in [-0.1, -0.05) is 23.2 Å². The van der Waals surface area contributed by atoms with Gasteiger partial charge in [0.2, 0.25) is 5.91 Å². The molecule has 2 aliphatic heterocycles. The third-order valence-corrected chi connectivity index (χ3v) is 6.42. The minimum absolute atomic E-state index is 0.0682. The number of rotatable bonds is 4. The number of fused-ring (bicyclic) bond motifs is 1. The summed E-state index contributed by atoms with van der Waals surface area (Å²) in [4.78, 5) is 17.6. The number of β-amino-alcohol motifs (C(OH)–C–C–N with tert-alkyl or cyclic N) is 1. The van der Waals surface area contributed by atoms with Crippen molar-refractivity contribution in [2.45, 2.75) is 37.4 Å². The van der Waals surface area contributed by atoms with E-state index < -0.39 is 17.0 Å². The van der Waals surface area contributed by atoms with Crippen LogP contribution >= 0.6 is 23.2 Å². The second kappa shape index (κ2) is 8.09. The monoisotopic (exact) mass is 469 g/mol. The number of hydrogen-bond donors (Lipinski definition) is 3. The number of ether oxygens (including phenoxy) is 1. The predicted octanol–water partition coefficient (Wildman–Crippen LogP) is 3.18. The first-order valence-electron chi connectivity index (χ1n) is 9.84. The van der Waals surface area contributed by atoms with Crippen LogP contribution in [0.25, 0.3) is 0 Å². The molecule has 0 spiro atoms. The molecule has 7 nitrogen and oxygen atoms in total. The van der Waals surface area contributed by atoms with Gasteiger partial charge in [-0.25, -0.2) is 9.37 Å². The van der Waals surface area contributed by atoms with E-state index in [0.29, 0.717) is 40.1 Å². The fraction of sp³-hybridized carbons (Fsp3) is 0.429. The summed E-state index contributed by atoms with van der Waals surface area (Å²) >= 11 is 12.1. The number of aliphatic hydroxyl groups is 2. The van der Waals surface area contributed by atoms with Crippen molar-refractivity contribution in [2.24, 2.45) is 0 Å². The molecule has 1 aromatic heterocycles. The SMILES string of the molecule is C[C@@]1(O)CN(c2ncc(Cl)cc2Cl)CC[C@]1(O)COc1ccc(F)c2c1CCC(=O)N2. The Balaban J connectivity index is 1.51. The number of nitrogens with one attached hydrogen (secondary N) is 1. The Morgan fingerprint density at radius 2 is 2.10 bits per heavy atom. The summed E-state index contributed by atoms with van der Waals surface area (Å²) in [5.41, 5.74) is -2.48. The Bertz CT molecular complexity index is 1040. The molecule has 1 fully saturated rings. The molecule has 166 valence electrons. The summed E-state index contributed by atoms with van der Waals surface area (Å²) in [7, 11) is 0. The number of pyridine rings is 1. The normalized spacial score (nSPS) is 25.7. The van der Waals surface area contributed by atoms with Crippen molar-refractivity contribution >= 4 is 40.6 Å². The standard InChI is InChI=1S/C21H22Cl2FN3O4/c1-20(29)10-27(19-14(23)8-12(22)9-25-19)7-6-21(20,30)11-31-16-4-3-15(24)18-13(16)2-5-17(28)26-18/h3-4,8-9,29-30H,2,5-7,10-11H2,1H3,(H,26,28)/t20-,21+/m1/s1. The number of benzene rings is 1. The number of aromatic nitrogens is 1. The highest BCUT2D eigenvalue weighted by molar-refractivity contribution is 6.36. The summed E-state index contributed by atoms with van der Waals surface area (Å²) in [5, 5.41) is 25.6. The second-order valence-electron chi connectivity index (χ2n) is 8.17. The maximum atomic E-state index is 14.1. The molecule has 0 saturated carbocycles. The molecule has 0 bridgehead atoms. The molecule has 1 saturated heterocycles. The molecule has 1 aromatic carbocycles. The first kappa shape index (κ1) is 22.1. The van der Waals surface area contributed by atoms with Crippen LogP contribution < -0.4 is 15.0 Å². The topological polar surface area (TPSA) is 94.9 Å². The molecule has 10 heteroatoms. The Kier molecular flexibility index (Phi) is 5.76. The summed E-state index contributed by atoms with van der Waals surface area (Å²) in [5.74, 6) is 0.0387. The van der Waals surface area contributed by atoms with Gasteiger partial charge in [0, 0.05) is 24.7 Å². The second-order valence-corrected chi connectivity index (χ2v) is 9.02. The molecular formula is C21H22Cl2FN3O4. The van der Waals surface area contributed by atoms with Crippen molar-refractivity contribution in [3.8, 4) is 5.75 Å². The van der Waals surface area contributed by atoms with E-state index in [-0.39, 0.29) is 37.6 Å². The zero-order valence-electron chi connectivity index (χ0n) is 16.8. The lowest BCUT2D eigenvalue weighted by molar-refractivity contribution is -0.166. The van der Waals surface area contributed by atoms with Crippen molar-refractivity contribution in [3.05, 3.63) is 45.8 Å². The highest BCUT2D eigenvalue weighted by atomic mass is 35.5. The van der Waals surface area contributed by atoms with E-state index in [1.807, 2.05) is 0 Å². The van der Waals surface area contributed by atoms with E-state index >= 15 is 0 Å². The number of carbonyl (C=O) groups excluding carboxylic acids is 1. The fourth-order valence-electron chi connectivity index (χ4n) is 3.99. The van der Waals surface area contributed by atoms with E-state index in [9.17, 15) is 19.4 Å². The van der Waals surface area contributed by atoms with Gasteiger partial charge >= 0.3 is 0 Å². The van der Waals surface area contributed by atoms with Crippen molar-refractivity contribution in [2.75, 3.05) is 29.9 Å². The first-order valence-corrected chi connectivity index (χ1v) is 10.6. The zero-order chi connectivity index (χ0) is 22.4. The molecule has 2 atom stereocenters. The van der Waals surface area contributed by atoms with Crippen LogP contribution in [0.2, 0.25) is 10.0 Å². The molecule has 0 aliphatic carbocycles. The van der Waals surface area contributed by atoms with Gasteiger partial charge in [0.1, 0.15) is 35.2 Å². The lowest BCUT2D eigenvalue weighted by Crippen LogP contribution is -2.66. The molecule has 31 heavy (non-hydrogen) atoms. The fourth-order valence-corrected chi connectivity index (χ4v) is 4.49. The van der Waals surface area contributed by atoms with Crippen molar-refractivity contribution in [1.82, 2.24) is 4.98 Å². The lowest BCUT2D eigenvalue weighted by atomic mass is 9.78. The number of halogens is 3. The number of piperidine rings is 1. The van der Waals surface area contributed by atoms with Crippen LogP contribution in [-0.4, -0.2) is 52.0 Å². The van der Waals surface area contributed by atoms with Crippen LogP contribution in [0.3, 0.4) is 0 Å². The molecule has 4 rings (SSSR count). The van der Waals surface area contributed by atoms with Crippen LogP contribution in [0.5, 0.6) is 5.75 Å². The van der Waals surface area contributed by atoms with Crippen LogP contribution in [-0.2, 0) is 11.2 Å². The van der Waals surface area contributed by atoms with Gasteiger partial charge in [-0.2, -0.15) is 0 Å². The maximum Gasteiger partial charge on any atom is 0.224 e. The molecule has 0 radical (unpaired) electrons. The van der Waals surface area contributed by atoms with Gasteiger partial charge in [0.15, 0.2) is 0 Å². The summed E-state index contributed by atoms with van der Waals surface area (Å²) in [6.45, 7) is 1.76. The zero-order valence-corrected chi connectivity index (χ0v) is 18.3. The molecule has 2 aliphatic rings. The van der Waals surface area contributed by atoms with Crippen LogP contribution in [0, 0.1) is 5.82 Å². The van der Waals surface area contributed by atoms with Gasteiger partial charge in [0.25, 0.3) is 0 Å². The molecule has 2 aromatic rings. The number of hydrogen-bond acceptors (Lipinski definition) is 6. The van der Waals surface area contributed by atoms with Crippen molar-refractivity contribution in [3.63, 3.8) is 0 Å².